The van der Waals surface area contributed by atoms with Crippen molar-refractivity contribution >= 4 is 5.82 Å². The molecule has 0 aliphatic carbocycles. The van der Waals surface area contributed by atoms with Crippen LogP contribution in [0.1, 0.15) is 22.4 Å². The number of aromatic nitrogens is 2. The lowest BCUT2D eigenvalue weighted by Crippen LogP contribution is -2.06. The predicted octanol–water partition coefficient (Wildman–Crippen LogP) is 2.01. The quantitative estimate of drug-likeness (QED) is 0.911. The highest BCUT2D eigenvalue weighted by Gasteiger charge is 2.15. The van der Waals surface area contributed by atoms with E-state index in [0.29, 0.717) is 23.8 Å². The summed E-state index contributed by atoms with van der Waals surface area (Å²) in [5, 5.41) is 9.10. The van der Waals surface area contributed by atoms with Crippen LogP contribution < -0.4 is 10.5 Å². The van der Waals surface area contributed by atoms with Gasteiger partial charge in [0.2, 0.25) is 5.88 Å². The van der Waals surface area contributed by atoms with Gasteiger partial charge in [0, 0.05) is 18.0 Å². The molecular formula is C14H16N4O. The number of rotatable bonds is 3. The van der Waals surface area contributed by atoms with E-state index in [0.717, 1.165) is 16.8 Å². The van der Waals surface area contributed by atoms with Crippen LogP contribution in [0.25, 0.3) is 0 Å². The summed E-state index contributed by atoms with van der Waals surface area (Å²) in [4.78, 5) is 4.16. The van der Waals surface area contributed by atoms with Gasteiger partial charge >= 0.3 is 0 Å². The molecule has 2 rings (SSSR count). The minimum absolute atomic E-state index is 0.508. The molecule has 19 heavy (non-hydrogen) atoms. The van der Waals surface area contributed by atoms with E-state index >= 15 is 0 Å². The van der Waals surface area contributed by atoms with E-state index in [1.165, 1.54) is 0 Å². The van der Waals surface area contributed by atoms with E-state index in [1.807, 2.05) is 30.5 Å². The fourth-order valence-electron chi connectivity index (χ4n) is 2.04. The number of hydrogen-bond donors (Lipinski definition) is 1. The smallest absolute Gasteiger partial charge is 0.212 e. The number of nitrogen functional groups attached to an aromatic ring is 1. The Morgan fingerprint density at radius 3 is 2.63 bits per heavy atom. The molecule has 2 N–H and O–H groups in total. The third kappa shape index (κ3) is 2.25. The van der Waals surface area contributed by atoms with Crippen LogP contribution in [0.5, 0.6) is 5.88 Å². The first-order valence-electron chi connectivity index (χ1n) is 5.92. The van der Waals surface area contributed by atoms with Gasteiger partial charge < -0.3 is 15.0 Å². The molecule has 0 amide bonds. The van der Waals surface area contributed by atoms with Crippen LogP contribution in [0.3, 0.4) is 0 Å². The largest absolute Gasteiger partial charge is 0.481 e. The summed E-state index contributed by atoms with van der Waals surface area (Å²) < 4.78 is 6.95. The molecule has 0 bridgehead atoms. The van der Waals surface area contributed by atoms with Crippen molar-refractivity contribution in [2.75, 3.05) is 12.8 Å². The van der Waals surface area contributed by atoms with Gasteiger partial charge in [-0.25, -0.2) is 4.98 Å². The molecule has 0 fully saturated rings. The van der Waals surface area contributed by atoms with Crippen LogP contribution >= 0.6 is 0 Å². The monoisotopic (exact) mass is 256 g/mol. The highest BCUT2D eigenvalue weighted by Crippen LogP contribution is 2.24. The van der Waals surface area contributed by atoms with E-state index in [2.05, 4.69) is 11.1 Å². The number of anilines is 1. The second kappa shape index (κ2) is 5.02. The summed E-state index contributed by atoms with van der Waals surface area (Å²) >= 11 is 0. The number of nitrogens with two attached hydrogens (primary N) is 1. The van der Waals surface area contributed by atoms with Crippen molar-refractivity contribution in [3.8, 4) is 11.9 Å². The van der Waals surface area contributed by atoms with Crippen molar-refractivity contribution in [2.24, 2.45) is 0 Å². The first-order chi connectivity index (χ1) is 9.08. The first-order valence-corrected chi connectivity index (χ1v) is 5.92. The standard InChI is InChI=1S/C14H16N4O/c1-9-10(2)18(14(16)12(9)6-15)8-11-4-5-13(19-3)17-7-11/h4-5,7H,8,16H2,1-3H3. The molecule has 0 saturated heterocycles. The molecule has 2 heterocycles. The topological polar surface area (TPSA) is 76.9 Å². The molecule has 0 aromatic carbocycles. The Morgan fingerprint density at radius 2 is 2.16 bits per heavy atom. The van der Waals surface area contributed by atoms with Crippen molar-refractivity contribution in [1.82, 2.24) is 9.55 Å². The van der Waals surface area contributed by atoms with E-state index < -0.39 is 0 Å². The van der Waals surface area contributed by atoms with Gasteiger partial charge in [-0.3, -0.25) is 0 Å². The first kappa shape index (κ1) is 13.0. The van der Waals surface area contributed by atoms with Gasteiger partial charge in [0.15, 0.2) is 0 Å². The molecule has 2 aromatic heterocycles. The lowest BCUT2D eigenvalue weighted by molar-refractivity contribution is 0.397. The molecule has 5 heteroatoms. The van der Waals surface area contributed by atoms with E-state index in [-0.39, 0.29) is 0 Å². The third-order valence-electron chi connectivity index (χ3n) is 3.33. The summed E-state index contributed by atoms with van der Waals surface area (Å²) in [7, 11) is 1.58. The Labute approximate surface area is 112 Å². The predicted molar refractivity (Wildman–Crippen MR) is 72.9 cm³/mol. The Hall–Kier alpha value is -2.48. The van der Waals surface area contributed by atoms with Crippen molar-refractivity contribution in [3.05, 3.63) is 40.7 Å². The van der Waals surface area contributed by atoms with Gasteiger partial charge in [-0.05, 0) is 25.0 Å². The van der Waals surface area contributed by atoms with Crippen LogP contribution in [0.4, 0.5) is 5.82 Å². The molecule has 0 unspecified atom stereocenters. The molecule has 0 aliphatic heterocycles. The number of pyridine rings is 1. The minimum Gasteiger partial charge on any atom is -0.481 e. The molecule has 0 saturated carbocycles. The number of methoxy groups -OCH3 is 1. The highest BCUT2D eigenvalue weighted by atomic mass is 16.5. The van der Waals surface area contributed by atoms with Gasteiger partial charge in [-0.15, -0.1) is 0 Å². The van der Waals surface area contributed by atoms with Crippen LogP contribution in [-0.4, -0.2) is 16.7 Å². The Kier molecular flexibility index (Phi) is 3.43. The third-order valence-corrected chi connectivity index (χ3v) is 3.33. The summed E-state index contributed by atoms with van der Waals surface area (Å²) in [5.41, 5.74) is 9.52. The molecule has 98 valence electrons. The summed E-state index contributed by atoms with van der Waals surface area (Å²) in [6.07, 6.45) is 1.75. The lowest BCUT2D eigenvalue weighted by atomic mass is 10.2. The average molecular weight is 256 g/mol. The zero-order valence-electron chi connectivity index (χ0n) is 11.3. The van der Waals surface area contributed by atoms with Crippen molar-refractivity contribution in [1.29, 1.82) is 5.26 Å². The number of nitriles is 1. The van der Waals surface area contributed by atoms with E-state index in [1.54, 1.807) is 13.3 Å². The molecular weight excluding hydrogens is 240 g/mol. The minimum atomic E-state index is 0.508. The molecule has 2 aromatic rings. The zero-order chi connectivity index (χ0) is 14.0. The maximum atomic E-state index is 9.10. The number of nitrogens with zero attached hydrogens (tertiary/aromatic N) is 3. The van der Waals surface area contributed by atoms with Crippen LogP contribution in [0.15, 0.2) is 18.3 Å². The van der Waals surface area contributed by atoms with Crippen molar-refractivity contribution < 1.29 is 4.74 Å². The zero-order valence-corrected chi connectivity index (χ0v) is 11.3. The second-order valence-electron chi connectivity index (χ2n) is 4.38. The maximum absolute atomic E-state index is 9.10. The van der Waals surface area contributed by atoms with Crippen LogP contribution in [-0.2, 0) is 6.54 Å². The lowest BCUT2D eigenvalue weighted by Gasteiger charge is -2.09. The fraction of sp³-hybridized carbons (Fsp3) is 0.286. The highest BCUT2D eigenvalue weighted by molar-refractivity contribution is 5.58. The summed E-state index contributed by atoms with van der Waals surface area (Å²) in [6, 6.07) is 5.89. The molecule has 5 nitrogen and oxygen atoms in total. The Morgan fingerprint density at radius 1 is 1.42 bits per heavy atom. The Balaban J connectivity index is 2.36. The van der Waals surface area contributed by atoms with E-state index in [4.69, 9.17) is 15.7 Å². The van der Waals surface area contributed by atoms with Crippen molar-refractivity contribution in [3.63, 3.8) is 0 Å². The Bertz CT molecular complexity index is 635. The summed E-state index contributed by atoms with van der Waals surface area (Å²) in [6.45, 7) is 4.47. The molecule has 0 atom stereocenters. The van der Waals surface area contributed by atoms with Crippen LogP contribution in [0.2, 0.25) is 0 Å². The van der Waals surface area contributed by atoms with Gasteiger partial charge in [-0.1, -0.05) is 6.07 Å². The van der Waals surface area contributed by atoms with Crippen LogP contribution in [0, 0.1) is 25.2 Å². The van der Waals surface area contributed by atoms with Gasteiger partial charge in [0.05, 0.1) is 19.2 Å². The normalized spacial score (nSPS) is 10.2. The SMILES string of the molecule is COc1ccc(Cn2c(C)c(C)c(C#N)c2N)cn1. The number of hydrogen-bond acceptors (Lipinski definition) is 4. The van der Waals surface area contributed by atoms with Gasteiger partial charge in [0.25, 0.3) is 0 Å². The number of ether oxygens (including phenoxy) is 1. The molecule has 0 aliphatic rings. The van der Waals surface area contributed by atoms with Crippen molar-refractivity contribution in [2.45, 2.75) is 20.4 Å². The summed E-state index contributed by atoms with van der Waals surface area (Å²) in [5.74, 6) is 1.09. The molecule has 0 spiro atoms. The average Bonchev–Trinajstić information content (AvgIpc) is 2.63. The van der Waals surface area contributed by atoms with E-state index in [9.17, 15) is 0 Å². The second-order valence-corrected chi connectivity index (χ2v) is 4.38. The molecule has 0 radical (unpaired) electrons. The fourth-order valence-corrected chi connectivity index (χ4v) is 2.04. The maximum Gasteiger partial charge on any atom is 0.212 e. The van der Waals surface area contributed by atoms with Gasteiger partial charge in [0.1, 0.15) is 11.9 Å². The van der Waals surface area contributed by atoms with Gasteiger partial charge in [-0.2, -0.15) is 5.26 Å².